The zero-order valence-corrected chi connectivity index (χ0v) is 20.2. The van der Waals surface area contributed by atoms with Crippen molar-refractivity contribution in [3.63, 3.8) is 0 Å². The molecule has 1 amide bonds. The van der Waals surface area contributed by atoms with Crippen molar-refractivity contribution < 1.29 is 17.9 Å². The minimum Gasteiger partial charge on any atom is -0.497 e. The predicted octanol–water partition coefficient (Wildman–Crippen LogP) is 3.56. The van der Waals surface area contributed by atoms with Gasteiger partial charge >= 0.3 is 0 Å². The van der Waals surface area contributed by atoms with E-state index in [2.05, 4.69) is 10.3 Å². The molecule has 170 valence electrons. The molecule has 2 aromatic carbocycles. The summed E-state index contributed by atoms with van der Waals surface area (Å²) in [4.78, 5) is 17.4. The molecule has 1 N–H and O–H groups in total. The second-order valence-corrected chi connectivity index (χ2v) is 10.8. The topological polar surface area (TPSA) is 93.5 Å². The fourth-order valence-corrected chi connectivity index (χ4v) is 4.68. The molecular weight excluding hydrogens is 448 g/mol. The third kappa shape index (κ3) is 5.14. The third-order valence-electron chi connectivity index (χ3n) is 4.85. The molecule has 0 aliphatic carbocycles. The molecule has 0 fully saturated rings. The van der Waals surface area contributed by atoms with Crippen molar-refractivity contribution >= 4 is 33.4 Å². The summed E-state index contributed by atoms with van der Waals surface area (Å²) >= 11 is 1.31. The molecule has 0 saturated heterocycles. The Morgan fingerprint density at radius 1 is 1.19 bits per heavy atom. The van der Waals surface area contributed by atoms with Gasteiger partial charge in [-0.15, -0.1) is 0 Å². The highest BCUT2D eigenvalue weighted by Gasteiger charge is 2.21. The van der Waals surface area contributed by atoms with E-state index in [0.717, 1.165) is 21.3 Å². The van der Waals surface area contributed by atoms with E-state index in [1.54, 1.807) is 26.3 Å². The Kier molecular flexibility index (Phi) is 7.27. The quantitative estimate of drug-likeness (QED) is 0.502. The van der Waals surface area contributed by atoms with Gasteiger partial charge in [0.2, 0.25) is 15.9 Å². The molecular formula is C22H26N4O4S2. The highest BCUT2D eigenvalue weighted by atomic mass is 32.2. The minimum absolute atomic E-state index is 0.124. The fourth-order valence-electron chi connectivity index (χ4n) is 2.87. The molecule has 1 heterocycles. The SMILES string of the molecule is COc1ccc(-n2ccnc2S[C@@H](C)C(=O)Nc2cc(S(=O)(=O)N(C)C)ccc2C)cc1. The summed E-state index contributed by atoms with van der Waals surface area (Å²) in [6, 6.07) is 12.2. The Morgan fingerprint density at radius 2 is 1.88 bits per heavy atom. The van der Waals surface area contributed by atoms with Gasteiger partial charge in [-0.3, -0.25) is 9.36 Å². The Bertz CT molecular complexity index is 1200. The van der Waals surface area contributed by atoms with Crippen LogP contribution in [-0.4, -0.2) is 54.6 Å². The van der Waals surface area contributed by atoms with Gasteiger partial charge in [0.15, 0.2) is 5.16 Å². The molecule has 10 heteroatoms. The van der Waals surface area contributed by atoms with Crippen molar-refractivity contribution in [3.8, 4) is 11.4 Å². The monoisotopic (exact) mass is 474 g/mol. The summed E-state index contributed by atoms with van der Waals surface area (Å²) in [5.74, 6) is 0.506. The number of methoxy groups -OCH3 is 1. The number of imidazole rings is 1. The first-order valence-corrected chi connectivity index (χ1v) is 12.1. The van der Waals surface area contributed by atoms with Crippen molar-refractivity contribution in [1.29, 1.82) is 0 Å². The van der Waals surface area contributed by atoms with Gasteiger partial charge in [-0.2, -0.15) is 0 Å². The van der Waals surface area contributed by atoms with Gasteiger partial charge in [-0.25, -0.2) is 17.7 Å². The first-order valence-electron chi connectivity index (χ1n) is 9.82. The molecule has 0 aliphatic rings. The van der Waals surface area contributed by atoms with Crippen LogP contribution in [-0.2, 0) is 14.8 Å². The number of aryl methyl sites for hydroxylation is 1. The average Bonchev–Trinajstić information content (AvgIpc) is 3.23. The zero-order valence-electron chi connectivity index (χ0n) is 18.6. The van der Waals surface area contributed by atoms with Crippen LogP contribution in [0.3, 0.4) is 0 Å². The molecule has 3 aromatic rings. The lowest BCUT2D eigenvalue weighted by molar-refractivity contribution is -0.115. The average molecular weight is 475 g/mol. The number of benzene rings is 2. The van der Waals surface area contributed by atoms with Gasteiger partial charge in [-0.1, -0.05) is 17.8 Å². The normalized spacial score (nSPS) is 12.6. The molecule has 0 aliphatic heterocycles. The highest BCUT2D eigenvalue weighted by Crippen LogP contribution is 2.27. The third-order valence-corrected chi connectivity index (χ3v) is 7.75. The molecule has 0 spiro atoms. The lowest BCUT2D eigenvalue weighted by Crippen LogP contribution is -2.25. The number of rotatable bonds is 8. The van der Waals surface area contributed by atoms with Crippen LogP contribution in [0.25, 0.3) is 5.69 Å². The molecule has 32 heavy (non-hydrogen) atoms. The van der Waals surface area contributed by atoms with E-state index in [9.17, 15) is 13.2 Å². The van der Waals surface area contributed by atoms with Crippen LogP contribution in [0.1, 0.15) is 12.5 Å². The maximum atomic E-state index is 12.9. The number of hydrogen-bond acceptors (Lipinski definition) is 6. The first-order chi connectivity index (χ1) is 15.1. The smallest absolute Gasteiger partial charge is 0.242 e. The minimum atomic E-state index is -3.60. The van der Waals surface area contributed by atoms with Crippen molar-refractivity contribution in [2.45, 2.75) is 29.1 Å². The van der Waals surface area contributed by atoms with E-state index >= 15 is 0 Å². The van der Waals surface area contributed by atoms with Gasteiger partial charge in [-0.05, 0) is 55.8 Å². The molecule has 0 radical (unpaired) electrons. The molecule has 0 unspecified atom stereocenters. The fraction of sp³-hybridized carbons (Fsp3) is 0.273. The van der Waals surface area contributed by atoms with Gasteiger partial charge in [0.25, 0.3) is 0 Å². The Balaban J connectivity index is 1.76. The maximum absolute atomic E-state index is 12.9. The van der Waals surface area contributed by atoms with Crippen molar-refractivity contribution in [1.82, 2.24) is 13.9 Å². The number of sulfonamides is 1. The van der Waals surface area contributed by atoms with Crippen LogP contribution in [0.4, 0.5) is 5.69 Å². The number of anilines is 1. The Labute approximate surface area is 192 Å². The number of nitrogens with one attached hydrogen (secondary N) is 1. The van der Waals surface area contributed by atoms with Crippen molar-refractivity contribution in [2.24, 2.45) is 0 Å². The zero-order chi connectivity index (χ0) is 23.5. The van der Waals surface area contributed by atoms with Crippen LogP contribution in [0.5, 0.6) is 5.75 Å². The van der Waals surface area contributed by atoms with E-state index in [-0.39, 0.29) is 10.8 Å². The number of thioether (sulfide) groups is 1. The molecule has 3 rings (SSSR count). The molecule has 1 aromatic heterocycles. The largest absolute Gasteiger partial charge is 0.497 e. The van der Waals surface area contributed by atoms with E-state index in [4.69, 9.17) is 4.74 Å². The van der Waals surface area contributed by atoms with Crippen LogP contribution < -0.4 is 10.1 Å². The Morgan fingerprint density at radius 3 is 2.50 bits per heavy atom. The second kappa shape index (κ2) is 9.76. The molecule has 1 atom stereocenters. The van der Waals surface area contributed by atoms with Crippen LogP contribution in [0.15, 0.2) is 64.9 Å². The van der Waals surface area contributed by atoms with Crippen LogP contribution >= 0.6 is 11.8 Å². The summed E-state index contributed by atoms with van der Waals surface area (Å²) in [6.45, 7) is 3.60. The van der Waals surface area contributed by atoms with Crippen molar-refractivity contribution in [2.75, 3.05) is 26.5 Å². The number of ether oxygens (including phenoxy) is 1. The number of aromatic nitrogens is 2. The molecule has 0 bridgehead atoms. The van der Waals surface area contributed by atoms with Gasteiger partial charge in [0, 0.05) is 37.9 Å². The number of amides is 1. The predicted molar refractivity (Wildman–Crippen MR) is 126 cm³/mol. The van der Waals surface area contributed by atoms with E-state index in [1.165, 1.54) is 38.0 Å². The summed E-state index contributed by atoms with van der Waals surface area (Å²) in [5.41, 5.74) is 2.13. The number of carbonyl (C=O) groups is 1. The number of nitrogens with zero attached hydrogens (tertiary/aromatic N) is 3. The summed E-state index contributed by atoms with van der Waals surface area (Å²) in [6.07, 6.45) is 3.51. The van der Waals surface area contributed by atoms with Crippen LogP contribution in [0.2, 0.25) is 0 Å². The molecule has 8 nitrogen and oxygen atoms in total. The maximum Gasteiger partial charge on any atom is 0.242 e. The highest BCUT2D eigenvalue weighted by molar-refractivity contribution is 8.00. The lowest BCUT2D eigenvalue weighted by Gasteiger charge is -2.16. The van der Waals surface area contributed by atoms with E-state index in [1.807, 2.05) is 42.0 Å². The Hall–Kier alpha value is -2.82. The van der Waals surface area contributed by atoms with Crippen molar-refractivity contribution in [3.05, 3.63) is 60.4 Å². The number of hydrogen-bond donors (Lipinski definition) is 1. The number of carbonyl (C=O) groups excluding carboxylic acids is 1. The van der Waals surface area contributed by atoms with Gasteiger partial charge in [0.05, 0.1) is 17.3 Å². The summed E-state index contributed by atoms with van der Waals surface area (Å²) in [5, 5.41) is 3.05. The van der Waals surface area contributed by atoms with Crippen LogP contribution in [0, 0.1) is 6.92 Å². The van der Waals surface area contributed by atoms with Gasteiger partial charge < -0.3 is 10.1 Å². The van der Waals surface area contributed by atoms with E-state index < -0.39 is 15.3 Å². The lowest BCUT2D eigenvalue weighted by atomic mass is 10.2. The second-order valence-electron chi connectivity index (χ2n) is 7.29. The van der Waals surface area contributed by atoms with Gasteiger partial charge in [0.1, 0.15) is 5.75 Å². The molecule has 0 saturated carbocycles. The summed E-state index contributed by atoms with van der Waals surface area (Å²) in [7, 11) is 0.951. The summed E-state index contributed by atoms with van der Waals surface area (Å²) < 4.78 is 33.1. The van der Waals surface area contributed by atoms with E-state index in [0.29, 0.717) is 10.8 Å². The standard InChI is InChI=1S/C22H26N4O4S2/c1-15-6-11-19(32(28,29)25(3)4)14-20(15)24-21(27)16(2)31-22-23-12-13-26(22)17-7-9-18(30-5)10-8-17/h6-14,16H,1-5H3,(H,24,27)/t16-/m0/s1. The first kappa shape index (κ1) is 23.8.